The lowest BCUT2D eigenvalue weighted by molar-refractivity contribution is -0.143. The molecule has 0 radical (unpaired) electrons. The van der Waals surface area contributed by atoms with Gasteiger partial charge in [-0.3, -0.25) is 9.59 Å². The van der Waals surface area contributed by atoms with E-state index in [-0.39, 0.29) is 48.7 Å². The third-order valence-electron chi connectivity index (χ3n) is 4.88. The number of hydrogen-bond donors (Lipinski definition) is 2. The molecule has 2 aromatic carbocycles. The van der Waals surface area contributed by atoms with Crippen molar-refractivity contribution in [3.05, 3.63) is 82.8 Å². The molecule has 0 aliphatic carbocycles. The summed E-state index contributed by atoms with van der Waals surface area (Å²) in [6, 6.07) is 12.5. The number of carbonyl (C=O) groups is 4. The van der Waals surface area contributed by atoms with E-state index in [1.54, 1.807) is 37.3 Å². The highest BCUT2D eigenvalue weighted by Gasteiger charge is 2.34. The first-order valence-corrected chi connectivity index (χ1v) is 10.4. The van der Waals surface area contributed by atoms with E-state index >= 15 is 0 Å². The summed E-state index contributed by atoms with van der Waals surface area (Å²) in [5.74, 6) is -2.14. The highest BCUT2D eigenvalue weighted by molar-refractivity contribution is 5.97. The molecule has 0 saturated carbocycles. The van der Waals surface area contributed by atoms with E-state index in [4.69, 9.17) is 9.47 Å². The summed E-state index contributed by atoms with van der Waals surface area (Å²) in [7, 11) is 0. The number of benzene rings is 2. The van der Waals surface area contributed by atoms with Gasteiger partial charge >= 0.3 is 18.0 Å². The molecule has 8 nitrogen and oxygen atoms in total. The van der Waals surface area contributed by atoms with Crippen LogP contribution in [-0.4, -0.2) is 37.0 Å². The maximum Gasteiger partial charge on any atom is 0.338 e. The molecule has 0 saturated heterocycles. The molecule has 1 aliphatic rings. The van der Waals surface area contributed by atoms with Gasteiger partial charge in [-0.1, -0.05) is 30.3 Å². The molecule has 2 aromatic rings. The number of halogens is 1. The molecule has 172 valence electrons. The summed E-state index contributed by atoms with van der Waals surface area (Å²) in [6.45, 7) is 1.40. The monoisotopic (exact) mass is 454 g/mol. The van der Waals surface area contributed by atoms with Gasteiger partial charge in [0.15, 0.2) is 5.78 Å². The lowest BCUT2D eigenvalue weighted by atomic mass is 9.95. The minimum absolute atomic E-state index is 0.101. The van der Waals surface area contributed by atoms with Crippen molar-refractivity contribution in [2.24, 2.45) is 0 Å². The Kier molecular flexibility index (Phi) is 7.91. The molecule has 2 N–H and O–H groups in total. The second-order valence-electron chi connectivity index (χ2n) is 7.15. The first-order chi connectivity index (χ1) is 15.9. The molecule has 0 bridgehead atoms. The second kappa shape index (κ2) is 11.0. The van der Waals surface area contributed by atoms with Gasteiger partial charge in [0, 0.05) is 12.0 Å². The van der Waals surface area contributed by atoms with Gasteiger partial charge in [0.25, 0.3) is 0 Å². The van der Waals surface area contributed by atoms with Crippen LogP contribution in [0.2, 0.25) is 0 Å². The minimum Gasteiger partial charge on any atom is -0.463 e. The largest absolute Gasteiger partial charge is 0.463 e. The van der Waals surface area contributed by atoms with E-state index in [0.717, 1.165) is 12.1 Å². The van der Waals surface area contributed by atoms with Gasteiger partial charge in [-0.25, -0.2) is 14.0 Å². The van der Waals surface area contributed by atoms with Crippen LogP contribution in [0.4, 0.5) is 9.18 Å². The van der Waals surface area contributed by atoms with Crippen LogP contribution >= 0.6 is 0 Å². The van der Waals surface area contributed by atoms with Crippen LogP contribution in [0.5, 0.6) is 0 Å². The number of Topliss-reactive ketones (excluding diaryl/α,β-unsaturated/α-hetero) is 1. The Morgan fingerprint density at radius 2 is 1.67 bits per heavy atom. The Morgan fingerprint density at radius 3 is 2.33 bits per heavy atom. The van der Waals surface area contributed by atoms with E-state index in [1.165, 1.54) is 12.1 Å². The van der Waals surface area contributed by atoms with Crippen molar-refractivity contribution < 1.29 is 33.0 Å². The first kappa shape index (κ1) is 23.6. The van der Waals surface area contributed by atoms with Crippen LogP contribution in [0.3, 0.4) is 0 Å². The van der Waals surface area contributed by atoms with Crippen LogP contribution in [0.25, 0.3) is 0 Å². The Labute approximate surface area is 189 Å². The molecule has 2 amide bonds. The third kappa shape index (κ3) is 6.25. The van der Waals surface area contributed by atoms with Crippen molar-refractivity contribution in [2.45, 2.75) is 25.8 Å². The molecular weight excluding hydrogens is 431 g/mol. The Bertz CT molecular complexity index is 1070. The molecule has 1 unspecified atom stereocenters. The Hall–Kier alpha value is -4.01. The fourth-order valence-corrected chi connectivity index (χ4v) is 3.30. The highest BCUT2D eigenvalue weighted by atomic mass is 19.1. The van der Waals surface area contributed by atoms with E-state index in [2.05, 4.69) is 10.6 Å². The predicted octanol–water partition coefficient (Wildman–Crippen LogP) is 3.20. The summed E-state index contributed by atoms with van der Waals surface area (Å²) in [4.78, 5) is 49.2. The van der Waals surface area contributed by atoms with Crippen LogP contribution in [0.15, 0.2) is 65.9 Å². The van der Waals surface area contributed by atoms with Gasteiger partial charge < -0.3 is 20.1 Å². The Balaban J connectivity index is 1.70. The van der Waals surface area contributed by atoms with E-state index in [1.807, 2.05) is 0 Å². The van der Waals surface area contributed by atoms with Crippen molar-refractivity contribution >= 4 is 23.8 Å². The number of rotatable bonds is 9. The lowest BCUT2D eigenvalue weighted by Gasteiger charge is -2.29. The zero-order valence-electron chi connectivity index (χ0n) is 17.9. The molecule has 9 heteroatoms. The zero-order chi connectivity index (χ0) is 23.8. The fourth-order valence-electron chi connectivity index (χ4n) is 3.30. The van der Waals surface area contributed by atoms with E-state index in [9.17, 15) is 23.6 Å². The average molecular weight is 454 g/mol. The van der Waals surface area contributed by atoms with Gasteiger partial charge in [-0.2, -0.15) is 0 Å². The maximum atomic E-state index is 13.0. The molecule has 33 heavy (non-hydrogen) atoms. The number of urea groups is 1. The van der Waals surface area contributed by atoms with Gasteiger partial charge in [0.2, 0.25) is 0 Å². The van der Waals surface area contributed by atoms with Crippen LogP contribution in [0, 0.1) is 5.82 Å². The predicted molar refractivity (Wildman–Crippen MR) is 115 cm³/mol. The zero-order valence-corrected chi connectivity index (χ0v) is 17.9. The lowest BCUT2D eigenvalue weighted by Crippen LogP contribution is -2.47. The van der Waals surface area contributed by atoms with Crippen molar-refractivity contribution in [3.63, 3.8) is 0 Å². The van der Waals surface area contributed by atoms with Crippen molar-refractivity contribution in [1.29, 1.82) is 0 Å². The van der Waals surface area contributed by atoms with Crippen molar-refractivity contribution in [1.82, 2.24) is 10.6 Å². The molecule has 1 atom stereocenters. The van der Waals surface area contributed by atoms with Crippen LogP contribution < -0.4 is 10.6 Å². The molecule has 0 spiro atoms. The number of carbonyl (C=O) groups excluding carboxylic acids is 4. The summed E-state index contributed by atoms with van der Waals surface area (Å²) in [5.41, 5.74) is 1.17. The smallest absolute Gasteiger partial charge is 0.338 e. The maximum absolute atomic E-state index is 13.0. The summed E-state index contributed by atoms with van der Waals surface area (Å²) in [6.07, 6.45) is -0.346. The van der Waals surface area contributed by atoms with Gasteiger partial charge in [0.1, 0.15) is 12.4 Å². The van der Waals surface area contributed by atoms with E-state index < -0.39 is 29.8 Å². The number of esters is 2. The van der Waals surface area contributed by atoms with Crippen molar-refractivity contribution in [2.75, 3.05) is 13.2 Å². The molecule has 1 heterocycles. The normalized spacial score (nSPS) is 15.3. The second-order valence-corrected chi connectivity index (χ2v) is 7.15. The standard InChI is InChI=1S/C24H23FN2O6/c1-2-32-23(30)21-18(26-24(31)27-22(21)16-6-4-3-5-7-16)14-33-20(29)13-12-19(28)15-8-10-17(25)11-9-15/h3-11,22H,2,12-14H2,1H3,(H2,26,27,31). The molecular formula is C24H23FN2O6. The summed E-state index contributed by atoms with van der Waals surface area (Å²) < 4.78 is 23.3. The molecule has 1 aliphatic heterocycles. The van der Waals surface area contributed by atoms with E-state index in [0.29, 0.717) is 5.56 Å². The first-order valence-electron chi connectivity index (χ1n) is 10.4. The Morgan fingerprint density at radius 1 is 0.970 bits per heavy atom. The molecule has 0 fully saturated rings. The number of hydrogen-bond acceptors (Lipinski definition) is 6. The number of ketones is 1. The van der Waals surface area contributed by atoms with Crippen LogP contribution in [-0.2, 0) is 19.1 Å². The average Bonchev–Trinajstić information content (AvgIpc) is 2.82. The topological polar surface area (TPSA) is 111 Å². The minimum atomic E-state index is -0.784. The summed E-state index contributed by atoms with van der Waals surface area (Å²) >= 11 is 0. The quantitative estimate of drug-likeness (QED) is 0.445. The fraction of sp³-hybridized carbons (Fsp3) is 0.250. The highest BCUT2D eigenvalue weighted by Crippen LogP contribution is 2.27. The summed E-state index contributed by atoms with van der Waals surface area (Å²) in [5, 5.41) is 5.19. The van der Waals surface area contributed by atoms with Crippen molar-refractivity contribution in [3.8, 4) is 0 Å². The van der Waals surface area contributed by atoms with Gasteiger partial charge in [-0.05, 0) is 36.8 Å². The number of amides is 2. The molecule has 3 rings (SSSR count). The number of nitrogens with one attached hydrogen (secondary N) is 2. The molecule has 0 aromatic heterocycles. The number of ether oxygens (including phenoxy) is 2. The van der Waals surface area contributed by atoms with Gasteiger partial charge in [-0.15, -0.1) is 0 Å². The SMILES string of the molecule is CCOC(=O)C1=C(COC(=O)CCC(=O)c2ccc(F)cc2)NC(=O)NC1c1ccccc1. The van der Waals surface area contributed by atoms with Crippen LogP contribution in [0.1, 0.15) is 41.7 Å². The van der Waals surface area contributed by atoms with Gasteiger partial charge in [0.05, 0.1) is 30.3 Å². The third-order valence-corrected chi connectivity index (χ3v) is 4.88.